The summed E-state index contributed by atoms with van der Waals surface area (Å²) in [7, 11) is 0. The lowest BCUT2D eigenvalue weighted by molar-refractivity contribution is -0.116. The second kappa shape index (κ2) is 12.1. The van der Waals surface area contributed by atoms with Gasteiger partial charge in [-0.3, -0.25) is 9.69 Å². The summed E-state index contributed by atoms with van der Waals surface area (Å²) < 4.78 is 7.24. The third kappa shape index (κ3) is 5.57. The fraction of sp³-hybridized carbons (Fsp3) is 0.481. The number of nitrogens with zero attached hydrogens (tertiary/aromatic N) is 6. The van der Waals surface area contributed by atoms with E-state index in [2.05, 4.69) is 25.1 Å². The molecule has 0 unspecified atom stereocenters. The Balaban J connectivity index is 0.00000148. The van der Waals surface area contributed by atoms with Gasteiger partial charge in [0, 0.05) is 62.2 Å². The highest BCUT2D eigenvalue weighted by atomic mass is 16.5. The third-order valence-corrected chi connectivity index (χ3v) is 6.48. The molecular formula is C27H37N7O2. The number of amides is 1. The lowest BCUT2D eigenvalue weighted by atomic mass is 10.1. The predicted molar refractivity (Wildman–Crippen MR) is 143 cm³/mol. The van der Waals surface area contributed by atoms with E-state index in [0.29, 0.717) is 18.3 Å². The van der Waals surface area contributed by atoms with E-state index < -0.39 is 0 Å². The van der Waals surface area contributed by atoms with Crippen LogP contribution in [0.3, 0.4) is 0 Å². The first-order valence-corrected chi connectivity index (χ1v) is 13.0. The van der Waals surface area contributed by atoms with Crippen LogP contribution in [-0.2, 0) is 9.53 Å². The minimum atomic E-state index is -0.0200. The van der Waals surface area contributed by atoms with Crippen LogP contribution in [0.25, 0.3) is 16.9 Å². The minimum Gasteiger partial charge on any atom is -0.379 e. The Morgan fingerprint density at radius 3 is 2.39 bits per heavy atom. The average Bonchev–Trinajstić information content (AvgIpc) is 3.22. The van der Waals surface area contributed by atoms with Gasteiger partial charge in [0.25, 0.3) is 0 Å². The molecule has 0 spiro atoms. The van der Waals surface area contributed by atoms with Gasteiger partial charge in [-0.05, 0) is 25.5 Å². The van der Waals surface area contributed by atoms with E-state index >= 15 is 0 Å². The lowest BCUT2D eigenvalue weighted by Crippen LogP contribution is -2.62. The Labute approximate surface area is 213 Å². The van der Waals surface area contributed by atoms with E-state index in [1.807, 2.05) is 70.4 Å². The molecular weight excluding hydrogens is 454 g/mol. The molecule has 1 amide bonds. The fourth-order valence-electron chi connectivity index (χ4n) is 4.49. The van der Waals surface area contributed by atoms with Crippen LogP contribution >= 0.6 is 0 Å². The molecule has 9 heteroatoms. The van der Waals surface area contributed by atoms with Crippen molar-refractivity contribution < 1.29 is 9.53 Å². The van der Waals surface area contributed by atoms with E-state index in [-0.39, 0.29) is 5.91 Å². The van der Waals surface area contributed by atoms with Crippen LogP contribution in [0, 0.1) is 6.92 Å². The van der Waals surface area contributed by atoms with Crippen molar-refractivity contribution >= 4 is 17.7 Å². The topological polar surface area (TPSA) is 88.4 Å². The van der Waals surface area contributed by atoms with Crippen LogP contribution in [0.5, 0.6) is 0 Å². The molecule has 192 valence electrons. The lowest BCUT2D eigenvalue weighted by Gasteiger charge is -2.46. The molecule has 9 nitrogen and oxygen atoms in total. The molecule has 2 aliphatic heterocycles. The first-order valence-electron chi connectivity index (χ1n) is 13.0. The molecule has 2 aliphatic rings. The number of carbonyl (C=O) groups excluding carboxylic acids is 1. The SMILES string of the molecule is CC.CCCC(=O)Nc1c(C)c(-c2cnc(N3CC(N4CCOCC4)C3)nc2)nn1-c1ccccc1. The number of morpholine rings is 1. The summed E-state index contributed by atoms with van der Waals surface area (Å²) in [6.07, 6.45) is 4.91. The van der Waals surface area contributed by atoms with Gasteiger partial charge < -0.3 is 15.0 Å². The zero-order chi connectivity index (χ0) is 25.5. The first-order chi connectivity index (χ1) is 17.6. The van der Waals surface area contributed by atoms with Gasteiger partial charge in [0.15, 0.2) is 0 Å². The summed E-state index contributed by atoms with van der Waals surface area (Å²) in [5, 5.41) is 7.89. The molecule has 4 heterocycles. The largest absolute Gasteiger partial charge is 0.379 e. The summed E-state index contributed by atoms with van der Waals surface area (Å²) in [6.45, 7) is 13.5. The van der Waals surface area contributed by atoms with Gasteiger partial charge in [-0.1, -0.05) is 39.0 Å². The van der Waals surface area contributed by atoms with Crippen LogP contribution in [0.1, 0.15) is 39.2 Å². The van der Waals surface area contributed by atoms with E-state index in [4.69, 9.17) is 9.84 Å². The Bertz CT molecular complexity index is 1120. The van der Waals surface area contributed by atoms with Gasteiger partial charge in [0.05, 0.1) is 18.9 Å². The number of carbonyl (C=O) groups is 1. The number of ether oxygens (including phenoxy) is 1. The highest BCUT2D eigenvalue weighted by Crippen LogP contribution is 2.31. The van der Waals surface area contributed by atoms with E-state index in [9.17, 15) is 4.79 Å². The van der Waals surface area contributed by atoms with Crippen LogP contribution in [0.2, 0.25) is 0 Å². The van der Waals surface area contributed by atoms with Crippen molar-refractivity contribution in [3.8, 4) is 16.9 Å². The van der Waals surface area contributed by atoms with Gasteiger partial charge >= 0.3 is 0 Å². The number of para-hydroxylation sites is 1. The normalized spacial score (nSPS) is 16.2. The van der Waals surface area contributed by atoms with Crippen molar-refractivity contribution in [1.82, 2.24) is 24.6 Å². The van der Waals surface area contributed by atoms with Gasteiger partial charge in [-0.2, -0.15) is 5.10 Å². The Morgan fingerprint density at radius 2 is 1.75 bits per heavy atom. The van der Waals surface area contributed by atoms with Crippen molar-refractivity contribution in [2.75, 3.05) is 49.6 Å². The Morgan fingerprint density at radius 1 is 1.08 bits per heavy atom. The summed E-state index contributed by atoms with van der Waals surface area (Å²) in [4.78, 5) is 26.4. The first kappa shape index (κ1) is 25.8. The van der Waals surface area contributed by atoms with Crippen LogP contribution in [-0.4, -0.2) is 76.0 Å². The third-order valence-electron chi connectivity index (χ3n) is 6.48. The number of rotatable bonds is 7. The molecule has 3 aromatic rings. The molecule has 36 heavy (non-hydrogen) atoms. The van der Waals surface area contributed by atoms with Gasteiger partial charge in [0.2, 0.25) is 11.9 Å². The smallest absolute Gasteiger partial charge is 0.225 e. The molecule has 0 atom stereocenters. The number of hydrogen-bond acceptors (Lipinski definition) is 7. The molecule has 1 N–H and O–H groups in total. The summed E-state index contributed by atoms with van der Waals surface area (Å²) in [6, 6.07) is 10.4. The summed E-state index contributed by atoms with van der Waals surface area (Å²) in [5.74, 6) is 1.40. The van der Waals surface area contributed by atoms with Gasteiger partial charge in [-0.15, -0.1) is 0 Å². The molecule has 2 aromatic heterocycles. The second-order valence-corrected chi connectivity index (χ2v) is 8.85. The molecule has 1 aromatic carbocycles. The Kier molecular flexibility index (Phi) is 8.66. The van der Waals surface area contributed by atoms with Crippen molar-refractivity contribution in [2.24, 2.45) is 0 Å². The van der Waals surface area contributed by atoms with E-state index in [0.717, 1.165) is 74.3 Å². The zero-order valence-electron chi connectivity index (χ0n) is 21.8. The highest BCUT2D eigenvalue weighted by molar-refractivity contribution is 5.92. The van der Waals surface area contributed by atoms with E-state index in [1.165, 1.54) is 0 Å². The molecule has 5 rings (SSSR count). The highest BCUT2D eigenvalue weighted by Gasteiger charge is 2.34. The van der Waals surface area contributed by atoms with Crippen LogP contribution in [0.15, 0.2) is 42.7 Å². The fourth-order valence-corrected chi connectivity index (χ4v) is 4.49. The van der Waals surface area contributed by atoms with Crippen molar-refractivity contribution in [1.29, 1.82) is 0 Å². The average molecular weight is 492 g/mol. The zero-order valence-corrected chi connectivity index (χ0v) is 21.8. The maximum atomic E-state index is 12.4. The molecule has 0 radical (unpaired) electrons. The van der Waals surface area contributed by atoms with Crippen molar-refractivity contribution in [3.05, 3.63) is 48.3 Å². The Hall–Kier alpha value is -3.30. The number of anilines is 2. The number of benzene rings is 1. The number of aromatic nitrogens is 4. The number of nitrogens with one attached hydrogen (secondary N) is 1. The quantitative estimate of drug-likeness (QED) is 0.536. The minimum absolute atomic E-state index is 0.0200. The maximum absolute atomic E-state index is 12.4. The van der Waals surface area contributed by atoms with Gasteiger partial charge in [0.1, 0.15) is 11.5 Å². The molecule has 2 fully saturated rings. The molecule has 0 aliphatic carbocycles. The van der Waals surface area contributed by atoms with Crippen molar-refractivity contribution in [3.63, 3.8) is 0 Å². The molecule has 0 saturated carbocycles. The summed E-state index contributed by atoms with van der Waals surface area (Å²) >= 11 is 0. The van der Waals surface area contributed by atoms with Crippen LogP contribution in [0.4, 0.5) is 11.8 Å². The monoisotopic (exact) mass is 491 g/mol. The number of hydrogen-bond donors (Lipinski definition) is 1. The van der Waals surface area contributed by atoms with Gasteiger partial charge in [-0.25, -0.2) is 14.6 Å². The molecule has 0 bridgehead atoms. The molecule has 2 saturated heterocycles. The second-order valence-electron chi connectivity index (χ2n) is 8.85. The van der Waals surface area contributed by atoms with Crippen LogP contribution < -0.4 is 10.2 Å². The maximum Gasteiger partial charge on any atom is 0.225 e. The standard InChI is InChI=1S/C25H31N7O2.C2H6/c1-3-7-22(33)28-24-18(2)23(29-32(24)20-8-5-4-6-9-20)19-14-26-25(27-15-19)31-16-21(17-31)30-10-12-34-13-11-30;1-2/h4-6,8-9,14-15,21H,3,7,10-13,16-17H2,1-2H3,(H,28,33);1-2H3. The van der Waals surface area contributed by atoms with E-state index in [1.54, 1.807) is 4.68 Å². The van der Waals surface area contributed by atoms with Crippen molar-refractivity contribution in [2.45, 2.75) is 46.6 Å². The summed E-state index contributed by atoms with van der Waals surface area (Å²) in [5.41, 5.74) is 3.36. The predicted octanol–water partition coefficient (Wildman–Crippen LogP) is 3.92.